The van der Waals surface area contributed by atoms with E-state index in [0.29, 0.717) is 25.3 Å². The average Bonchev–Trinajstić information content (AvgIpc) is 3.17. The lowest BCUT2D eigenvalue weighted by molar-refractivity contribution is -0.385. The van der Waals surface area contributed by atoms with E-state index in [2.05, 4.69) is 4.98 Å². The fourth-order valence-corrected chi connectivity index (χ4v) is 4.83. The van der Waals surface area contributed by atoms with Gasteiger partial charge in [0.25, 0.3) is 5.69 Å². The van der Waals surface area contributed by atoms with Crippen molar-refractivity contribution in [1.29, 1.82) is 0 Å². The highest BCUT2D eigenvalue weighted by Crippen LogP contribution is 2.33. The molecule has 1 saturated heterocycles. The van der Waals surface area contributed by atoms with Gasteiger partial charge in [-0.3, -0.25) is 15.1 Å². The Morgan fingerprint density at radius 2 is 2.00 bits per heavy atom. The maximum absolute atomic E-state index is 13.1. The molecule has 0 spiro atoms. The Balaban J connectivity index is 2.02. The molecule has 1 fully saturated rings. The number of benzene rings is 1. The maximum Gasteiger partial charge on any atom is 0.270 e. The highest BCUT2D eigenvalue weighted by atomic mass is 32.2. The minimum atomic E-state index is -3.79. The standard InChI is InChI=1S/C17H20N4O4S/c1-19(13-14-5-4-8-18-12-14)16-7-6-15(21(22)23)11-17(16)26(24,25)20-9-2-3-10-20/h4-8,11-12H,2-3,9-10,13H2,1H3. The second-order valence-electron chi connectivity index (χ2n) is 6.24. The number of hydrogen-bond donors (Lipinski definition) is 0. The van der Waals surface area contributed by atoms with E-state index in [1.54, 1.807) is 30.4 Å². The Labute approximate surface area is 152 Å². The van der Waals surface area contributed by atoms with Gasteiger partial charge < -0.3 is 4.90 Å². The molecule has 8 nitrogen and oxygen atoms in total. The van der Waals surface area contributed by atoms with Crippen LogP contribution in [0.1, 0.15) is 18.4 Å². The van der Waals surface area contributed by atoms with Crippen LogP contribution in [0, 0.1) is 10.1 Å². The first-order chi connectivity index (χ1) is 12.4. The van der Waals surface area contributed by atoms with Gasteiger partial charge in [-0.25, -0.2) is 8.42 Å². The predicted molar refractivity (Wildman–Crippen MR) is 97.4 cm³/mol. The molecule has 9 heteroatoms. The highest BCUT2D eigenvalue weighted by molar-refractivity contribution is 7.89. The van der Waals surface area contributed by atoms with Crippen molar-refractivity contribution >= 4 is 21.4 Å². The summed E-state index contributed by atoms with van der Waals surface area (Å²) in [6.07, 6.45) is 4.97. The number of anilines is 1. The van der Waals surface area contributed by atoms with Crippen LogP contribution in [-0.2, 0) is 16.6 Å². The minimum absolute atomic E-state index is 0.0278. The third kappa shape index (κ3) is 3.68. The van der Waals surface area contributed by atoms with E-state index >= 15 is 0 Å². The number of sulfonamides is 1. The van der Waals surface area contributed by atoms with Crippen LogP contribution in [-0.4, -0.2) is 42.8 Å². The smallest absolute Gasteiger partial charge is 0.270 e. The summed E-state index contributed by atoms with van der Waals surface area (Å²) in [6, 6.07) is 7.68. The van der Waals surface area contributed by atoms with E-state index in [1.807, 2.05) is 6.07 Å². The number of nitro benzene ring substituents is 1. The molecule has 0 amide bonds. The second kappa shape index (κ2) is 7.38. The van der Waals surface area contributed by atoms with Crippen LogP contribution in [0.5, 0.6) is 0 Å². The Hall–Kier alpha value is -2.52. The van der Waals surface area contributed by atoms with E-state index in [4.69, 9.17) is 0 Å². The number of nitrogens with zero attached hydrogens (tertiary/aromatic N) is 4. The number of hydrogen-bond acceptors (Lipinski definition) is 6. The number of non-ortho nitro benzene ring substituents is 1. The molecule has 1 aliphatic heterocycles. The van der Waals surface area contributed by atoms with Crippen molar-refractivity contribution in [2.45, 2.75) is 24.3 Å². The summed E-state index contributed by atoms with van der Waals surface area (Å²) in [5, 5.41) is 11.1. The third-order valence-corrected chi connectivity index (χ3v) is 6.32. The summed E-state index contributed by atoms with van der Waals surface area (Å²) in [5.41, 5.74) is 1.12. The zero-order chi connectivity index (χ0) is 18.7. The summed E-state index contributed by atoms with van der Waals surface area (Å²) >= 11 is 0. The van der Waals surface area contributed by atoms with Crippen LogP contribution in [0.4, 0.5) is 11.4 Å². The molecular formula is C17H20N4O4S. The van der Waals surface area contributed by atoms with Crippen molar-refractivity contribution in [3.63, 3.8) is 0 Å². The van der Waals surface area contributed by atoms with Crippen molar-refractivity contribution < 1.29 is 13.3 Å². The van der Waals surface area contributed by atoms with Gasteiger partial charge in [-0.2, -0.15) is 4.31 Å². The van der Waals surface area contributed by atoms with Crippen molar-refractivity contribution in [3.8, 4) is 0 Å². The van der Waals surface area contributed by atoms with Crippen molar-refractivity contribution in [3.05, 3.63) is 58.4 Å². The lowest BCUT2D eigenvalue weighted by Crippen LogP contribution is -2.30. The number of aromatic nitrogens is 1. The van der Waals surface area contributed by atoms with Crippen LogP contribution < -0.4 is 4.90 Å². The summed E-state index contributed by atoms with van der Waals surface area (Å²) in [6.45, 7) is 1.32. The summed E-state index contributed by atoms with van der Waals surface area (Å²) in [4.78, 5) is 16.4. The SMILES string of the molecule is CN(Cc1cccnc1)c1ccc([N+](=O)[O-])cc1S(=O)(=O)N1CCCC1. The lowest BCUT2D eigenvalue weighted by Gasteiger charge is -2.24. The highest BCUT2D eigenvalue weighted by Gasteiger charge is 2.31. The van der Waals surface area contributed by atoms with Crippen LogP contribution in [0.2, 0.25) is 0 Å². The van der Waals surface area contributed by atoms with E-state index in [0.717, 1.165) is 24.5 Å². The molecule has 2 heterocycles. The molecule has 2 aromatic rings. The van der Waals surface area contributed by atoms with Gasteiger partial charge in [0.1, 0.15) is 4.90 Å². The molecule has 26 heavy (non-hydrogen) atoms. The van der Waals surface area contributed by atoms with Crippen molar-refractivity contribution in [1.82, 2.24) is 9.29 Å². The van der Waals surface area contributed by atoms with E-state index in [1.165, 1.54) is 16.4 Å². The van der Waals surface area contributed by atoms with Gasteiger partial charge in [-0.05, 0) is 30.5 Å². The van der Waals surface area contributed by atoms with Gasteiger partial charge in [-0.1, -0.05) is 6.07 Å². The minimum Gasteiger partial charge on any atom is -0.369 e. The monoisotopic (exact) mass is 376 g/mol. The zero-order valence-corrected chi connectivity index (χ0v) is 15.2. The van der Waals surface area contributed by atoms with Crippen LogP contribution >= 0.6 is 0 Å². The number of rotatable bonds is 6. The lowest BCUT2D eigenvalue weighted by atomic mass is 10.2. The van der Waals surface area contributed by atoms with Crippen LogP contribution in [0.15, 0.2) is 47.6 Å². The molecule has 0 unspecified atom stereocenters. The Morgan fingerprint density at radius 3 is 2.62 bits per heavy atom. The molecule has 1 aromatic heterocycles. The molecule has 0 radical (unpaired) electrons. The largest absolute Gasteiger partial charge is 0.369 e. The summed E-state index contributed by atoms with van der Waals surface area (Å²) in [7, 11) is -2.03. The molecule has 138 valence electrons. The molecule has 0 bridgehead atoms. The molecule has 0 saturated carbocycles. The third-order valence-electron chi connectivity index (χ3n) is 4.39. The zero-order valence-electron chi connectivity index (χ0n) is 14.4. The first-order valence-corrected chi connectivity index (χ1v) is 9.72. The molecule has 0 N–H and O–H groups in total. The molecule has 1 aliphatic rings. The van der Waals surface area contributed by atoms with E-state index in [-0.39, 0.29) is 10.6 Å². The van der Waals surface area contributed by atoms with Crippen LogP contribution in [0.3, 0.4) is 0 Å². The fourth-order valence-electron chi connectivity index (χ4n) is 3.06. The number of nitro groups is 1. The summed E-state index contributed by atoms with van der Waals surface area (Å²) < 4.78 is 27.5. The topological polar surface area (TPSA) is 96.6 Å². The van der Waals surface area contributed by atoms with Crippen LogP contribution in [0.25, 0.3) is 0 Å². The quantitative estimate of drug-likeness (QED) is 0.567. The molecule has 3 rings (SSSR count). The Morgan fingerprint density at radius 1 is 1.27 bits per heavy atom. The van der Waals surface area contributed by atoms with Gasteiger partial charge in [-0.15, -0.1) is 0 Å². The van der Waals surface area contributed by atoms with Gasteiger partial charge in [0, 0.05) is 51.2 Å². The Bertz CT molecular complexity index is 896. The predicted octanol–water partition coefficient (Wildman–Crippen LogP) is 2.41. The Kier molecular flexibility index (Phi) is 5.19. The second-order valence-corrected chi connectivity index (χ2v) is 8.14. The first kappa shape index (κ1) is 18.3. The van der Waals surface area contributed by atoms with Gasteiger partial charge in [0.05, 0.1) is 10.6 Å². The van der Waals surface area contributed by atoms with E-state index in [9.17, 15) is 18.5 Å². The molecule has 0 aliphatic carbocycles. The van der Waals surface area contributed by atoms with Gasteiger partial charge in [0.2, 0.25) is 10.0 Å². The average molecular weight is 376 g/mol. The molecular weight excluding hydrogens is 356 g/mol. The first-order valence-electron chi connectivity index (χ1n) is 8.28. The number of pyridine rings is 1. The molecule has 0 atom stereocenters. The van der Waals surface area contributed by atoms with Crippen molar-refractivity contribution in [2.24, 2.45) is 0 Å². The van der Waals surface area contributed by atoms with Gasteiger partial charge >= 0.3 is 0 Å². The summed E-state index contributed by atoms with van der Waals surface area (Å²) in [5.74, 6) is 0. The maximum atomic E-state index is 13.1. The van der Waals surface area contributed by atoms with E-state index < -0.39 is 14.9 Å². The van der Waals surface area contributed by atoms with Crippen molar-refractivity contribution in [2.75, 3.05) is 25.0 Å². The van der Waals surface area contributed by atoms with Gasteiger partial charge in [0.15, 0.2) is 0 Å². The fraction of sp³-hybridized carbons (Fsp3) is 0.353. The molecule has 1 aromatic carbocycles. The normalized spacial score (nSPS) is 15.1.